The van der Waals surface area contributed by atoms with Crippen molar-refractivity contribution in [1.29, 1.82) is 0 Å². The van der Waals surface area contributed by atoms with Crippen LogP contribution in [0.1, 0.15) is 25.0 Å². The molecule has 0 radical (unpaired) electrons. The van der Waals surface area contributed by atoms with Gasteiger partial charge in [-0.1, -0.05) is 72.2 Å². The van der Waals surface area contributed by atoms with Gasteiger partial charge in [-0.15, -0.1) is 0 Å². The number of rotatable bonds is 2. The molecule has 0 N–H and O–H groups in total. The fourth-order valence-corrected chi connectivity index (χ4v) is 5.42. The Morgan fingerprint density at radius 1 is 0.656 bits per heavy atom. The van der Waals surface area contributed by atoms with E-state index in [9.17, 15) is 0 Å². The first-order valence-corrected chi connectivity index (χ1v) is 11.7. The van der Waals surface area contributed by atoms with E-state index in [0.717, 1.165) is 10.2 Å². The molecule has 1 aliphatic rings. The summed E-state index contributed by atoms with van der Waals surface area (Å²) in [5.74, 6) is 0. The molecule has 1 aromatic heterocycles. The summed E-state index contributed by atoms with van der Waals surface area (Å²) in [6, 6.07) is 34.9. The SMILES string of the molecule is CC1(C)c2ccccc2N(c2cccc(Br)c2)c2cc3ccn(-c4ccccc4)c3cc21. The van der Waals surface area contributed by atoms with Crippen LogP contribution in [0.15, 0.2) is 108 Å². The summed E-state index contributed by atoms with van der Waals surface area (Å²) >= 11 is 3.67. The van der Waals surface area contributed by atoms with E-state index < -0.39 is 0 Å². The van der Waals surface area contributed by atoms with Crippen LogP contribution in [-0.4, -0.2) is 4.57 Å². The summed E-state index contributed by atoms with van der Waals surface area (Å²) in [4.78, 5) is 2.40. The first-order valence-electron chi connectivity index (χ1n) is 10.9. The largest absolute Gasteiger partial charge is 0.317 e. The zero-order chi connectivity index (χ0) is 21.9. The average molecular weight is 479 g/mol. The molecule has 0 spiro atoms. The molecule has 32 heavy (non-hydrogen) atoms. The Morgan fingerprint density at radius 2 is 1.41 bits per heavy atom. The summed E-state index contributed by atoms with van der Waals surface area (Å²) < 4.78 is 3.37. The van der Waals surface area contributed by atoms with Crippen LogP contribution in [0.25, 0.3) is 16.6 Å². The van der Waals surface area contributed by atoms with E-state index in [1.807, 2.05) is 0 Å². The lowest BCUT2D eigenvalue weighted by Gasteiger charge is -2.42. The zero-order valence-corrected chi connectivity index (χ0v) is 19.7. The van der Waals surface area contributed by atoms with Gasteiger partial charge in [-0.05, 0) is 65.7 Å². The van der Waals surface area contributed by atoms with Crippen molar-refractivity contribution in [2.75, 3.05) is 4.90 Å². The molecule has 6 rings (SSSR count). The van der Waals surface area contributed by atoms with Crippen LogP contribution in [0, 0.1) is 0 Å². The van der Waals surface area contributed by atoms with Gasteiger partial charge >= 0.3 is 0 Å². The number of benzene rings is 4. The highest BCUT2D eigenvalue weighted by Crippen LogP contribution is 2.53. The van der Waals surface area contributed by atoms with Crippen molar-refractivity contribution in [3.05, 3.63) is 119 Å². The Hall–Kier alpha value is -3.30. The van der Waals surface area contributed by atoms with Gasteiger partial charge in [0.25, 0.3) is 0 Å². The Labute approximate surface area is 196 Å². The van der Waals surface area contributed by atoms with Crippen molar-refractivity contribution in [3.8, 4) is 5.69 Å². The molecule has 0 saturated heterocycles. The van der Waals surface area contributed by atoms with Gasteiger partial charge in [0.1, 0.15) is 0 Å². The van der Waals surface area contributed by atoms with Gasteiger partial charge in [0, 0.05) is 32.8 Å². The van der Waals surface area contributed by atoms with E-state index in [0.29, 0.717) is 0 Å². The maximum absolute atomic E-state index is 3.67. The third-order valence-electron chi connectivity index (χ3n) is 6.64. The average Bonchev–Trinajstić information content (AvgIpc) is 3.22. The maximum Gasteiger partial charge on any atom is 0.0533 e. The van der Waals surface area contributed by atoms with E-state index >= 15 is 0 Å². The normalized spacial score (nSPS) is 14.3. The first kappa shape index (κ1) is 19.4. The molecule has 0 amide bonds. The summed E-state index contributed by atoms with van der Waals surface area (Å²) in [6.07, 6.45) is 2.18. The van der Waals surface area contributed by atoms with E-state index in [-0.39, 0.29) is 5.41 Å². The third kappa shape index (κ3) is 2.85. The lowest BCUT2D eigenvalue weighted by Crippen LogP contribution is -2.30. The van der Waals surface area contributed by atoms with Crippen LogP contribution in [0.5, 0.6) is 0 Å². The van der Waals surface area contributed by atoms with Crippen LogP contribution < -0.4 is 4.90 Å². The van der Waals surface area contributed by atoms with Gasteiger partial charge in [0.15, 0.2) is 0 Å². The van der Waals surface area contributed by atoms with E-state index in [1.54, 1.807) is 0 Å². The molecule has 3 heteroatoms. The Balaban J connectivity index is 1.66. The van der Waals surface area contributed by atoms with Crippen molar-refractivity contribution in [2.24, 2.45) is 0 Å². The fourth-order valence-electron chi connectivity index (χ4n) is 5.03. The molecule has 0 unspecified atom stereocenters. The molecule has 0 bridgehead atoms. The van der Waals surface area contributed by atoms with Crippen LogP contribution in [0.3, 0.4) is 0 Å². The second kappa shape index (κ2) is 7.11. The lowest BCUT2D eigenvalue weighted by atomic mass is 9.73. The molecule has 1 aliphatic heterocycles. The summed E-state index contributed by atoms with van der Waals surface area (Å²) in [5.41, 5.74) is 8.61. The summed E-state index contributed by atoms with van der Waals surface area (Å²) in [6.45, 7) is 4.68. The van der Waals surface area contributed by atoms with Crippen molar-refractivity contribution in [1.82, 2.24) is 4.57 Å². The van der Waals surface area contributed by atoms with Gasteiger partial charge < -0.3 is 9.47 Å². The predicted molar refractivity (Wildman–Crippen MR) is 138 cm³/mol. The number of nitrogens with zero attached hydrogens (tertiary/aromatic N) is 2. The fraction of sp³-hybridized carbons (Fsp3) is 0.103. The molecule has 2 nitrogen and oxygen atoms in total. The molecule has 0 atom stereocenters. The first-order chi connectivity index (χ1) is 15.5. The van der Waals surface area contributed by atoms with Crippen molar-refractivity contribution in [3.63, 3.8) is 0 Å². The van der Waals surface area contributed by atoms with Gasteiger partial charge in [0.2, 0.25) is 0 Å². The number of anilines is 3. The minimum Gasteiger partial charge on any atom is -0.317 e. The van der Waals surface area contributed by atoms with Crippen LogP contribution >= 0.6 is 15.9 Å². The van der Waals surface area contributed by atoms with Crippen LogP contribution in [-0.2, 0) is 5.41 Å². The van der Waals surface area contributed by atoms with E-state index in [1.165, 1.54) is 39.1 Å². The Bertz CT molecular complexity index is 1460. The van der Waals surface area contributed by atoms with Crippen molar-refractivity contribution in [2.45, 2.75) is 19.3 Å². The summed E-state index contributed by atoms with van der Waals surface area (Å²) in [7, 11) is 0. The van der Waals surface area contributed by atoms with Crippen molar-refractivity contribution >= 4 is 43.9 Å². The topological polar surface area (TPSA) is 8.17 Å². The minimum absolute atomic E-state index is 0.117. The van der Waals surface area contributed by atoms with Crippen LogP contribution in [0.4, 0.5) is 17.1 Å². The van der Waals surface area contributed by atoms with Gasteiger partial charge in [-0.2, -0.15) is 0 Å². The monoisotopic (exact) mass is 478 g/mol. The molecule has 0 fully saturated rings. The predicted octanol–water partition coefficient (Wildman–Crippen LogP) is 8.50. The zero-order valence-electron chi connectivity index (χ0n) is 18.1. The molecular weight excluding hydrogens is 456 g/mol. The highest BCUT2D eigenvalue weighted by molar-refractivity contribution is 9.10. The molecular formula is C29H23BrN2. The lowest BCUT2D eigenvalue weighted by molar-refractivity contribution is 0.632. The van der Waals surface area contributed by atoms with Gasteiger partial charge in [-0.25, -0.2) is 0 Å². The third-order valence-corrected chi connectivity index (χ3v) is 7.13. The van der Waals surface area contributed by atoms with E-state index in [2.05, 4.69) is 143 Å². The van der Waals surface area contributed by atoms with Gasteiger partial charge in [0.05, 0.1) is 16.9 Å². The molecule has 0 saturated carbocycles. The smallest absolute Gasteiger partial charge is 0.0533 e. The molecule has 2 heterocycles. The molecule has 5 aromatic rings. The molecule has 0 aliphatic carbocycles. The Morgan fingerprint density at radius 3 is 2.22 bits per heavy atom. The number of aromatic nitrogens is 1. The quantitative estimate of drug-likeness (QED) is 0.246. The number of hydrogen-bond donors (Lipinski definition) is 0. The minimum atomic E-state index is -0.117. The van der Waals surface area contributed by atoms with Crippen LogP contribution in [0.2, 0.25) is 0 Å². The molecule has 4 aromatic carbocycles. The Kier molecular flexibility index (Phi) is 4.31. The number of fused-ring (bicyclic) bond motifs is 3. The van der Waals surface area contributed by atoms with Gasteiger partial charge in [-0.3, -0.25) is 0 Å². The number of para-hydroxylation sites is 2. The highest BCUT2D eigenvalue weighted by atomic mass is 79.9. The highest BCUT2D eigenvalue weighted by Gasteiger charge is 2.37. The maximum atomic E-state index is 3.67. The number of halogens is 1. The molecule has 156 valence electrons. The second-order valence-electron chi connectivity index (χ2n) is 8.91. The van der Waals surface area contributed by atoms with E-state index in [4.69, 9.17) is 0 Å². The van der Waals surface area contributed by atoms with Crippen molar-refractivity contribution < 1.29 is 0 Å². The summed E-state index contributed by atoms with van der Waals surface area (Å²) in [5, 5.41) is 1.24. The standard InChI is InChI=1S/C29H23BrN2/c1-29(2)24-13-6-7-14-26(24)32(23-12-8-9-21(30)18-23)28-17-20-15-16-31(27(20)19-25(28)29)22-10-4-3-5-11-22/h3-19H,1-2H3. The number of hydrogen-bond acceptors (Lipinski definition) is 1. The second-order valence-corrected chi connectivity index (χ2v) is 9.82.